The first-order valence-corrected chi connectivity index (χ1v) is 23.5. The van der Waals surface area contributed by atoms with Crippen molar-refractivity contribution in [1.29, 1.82) is 0 Å². The fraction of sp³-hybridized carbons (Fsp3) is 0.226. The predicted octanol–water partition coefficient (Wildman–Crippen LogP) is 17.6. The molecule has 0 atom stereocenters. The molecule has 63 heavy (non-hydrogen) atoms. The van der Waals surface area contributed by atoms with Gasteiger partial charge in [0.2, 0.25) is 0 Å². The van der Waals surface area contributed by atoms with Gasteiger partial charge in [0.05, 0.1) is 5.69 Å². The third-order valence-electron chi connectivity index (χ3n) is 15.0. The smallest absolute Gasteiger partial charge is 0.0540 e. The van der Waals surface area contributed by atoms with Crippen LogP contribution in [0.5, 0.6) is 0 Å². The molecule has 0 unspecified atom stereocenters. The van der Waals surface area contributed by atoms with Crippen LogP contribution in [0.1, 0.15) is 106 Å². The van der Waals surface area contributed by atoms with E-state index in [9.17, 15) is 0 Å². The van der Waals surface area contributed by atoms with Crippen molar-refractivity contribution in [3.05, 3.63) is 210 Å². The molecule has 0 N–H and O–H groups in total. The summed E-state index contributed by atoms with van der Waals surface area (Å²) in [5.41, 5.74) is 23.3. The third-order valence-corrected chi connectivity index (χ3v) is 15.0. The lowest BCUT2D eigenvalue weighted by Crippen LogP contribution is -2.17. The van der Waals surface area contributed by atoms with E-state index in [1.165, 1.54) is 128 Å². The summed E-state index contributed by atoms with van der Waals surface area (Å²) in [4.78, 5) is 2.48. The van der Waals surface area contributed by atoms with Crippen molar-refractivity contribution in [3.8, 4) is 55.6 Å². The van der Waals surface area contributed by atoms with Crippen LogP contribution in [0, 0.1) is 0 Å². The molecule has 3 aliphatic carbocycles. The molecule has 8 aromatic carbocycles. The number of fused-ring (bicyclic) bond motifs is 6. The zero-order chi connectivity index (χ0) is 42.7. The topological polar surface area (TPSA) is 3.24 Å². The van der Waals surface area contributed by atoms with Crippen LogP contribution in [-0.4, -0.2) is 0 Å². The first-order valence-electron chi connectivity index (χ1n) is 23.5. The van der Waals surface area contributed by atoms with Crippen LogP contribution >= 0.6 is 0 Å². The maximum Gasteiger partial charge on any atom is 0.0540 e. The van der Waals surface area contributed by atoms with Gasteiger partial charge in [-0.05, 0) is 127 Å². The number of hydrogen-bond acceptors (Lipinski definition) is 1. The van der Waals surface area contributed by atoms with E-state index in [2.05, 4.69) is 215 Å². The Kier molecular flexibility index (Phi) is 9.84. The molecule has 0 spiro atoms. The summed E-state index contributed by atoms with van der Waals surface area (Å²) in [5, 5.41) is 0. The van der Waals surface area contributed by atoms with Crippen molar-refractivity contribution in [2.24, 2.45) is 0 Å². The monoisotopic (exact) mass is 815 g/mol. The van der Waals surface area contributed by atoms with Crippen molar-refractivity contribution >= 4 is 17.1 Å². The largest absolute Gasteiger partial charge is 0.310 e. The minimum Gasteiger partial charge on any atom is -0.310 e. The molecule has 0 radical (unpaired) electrons. The van der Waals surface area contributed by atoms with Crippen LogP contribution < -0.4 is 4.90 Å². The number of anilines is 3. The van der Waals surface area contributed by atoms with E-state index >= 15 is 0 Å². The Balaban J connectivity index is 1.01. The van der Waals surface area contributed by atoms with E-state index in [1.807, 2.05) is 0 Å². The van der Waals surface area contributed by atoms with E-state index < -0.39 is 0 Å². The minimum absolute atomic E-state index is 0.106. The van der Waals surface area contributed by atoms with Gasteiger partial charge in [-0.25, -0.2) is 0 Å². The number of benzene rings is 8. The molecule has 1 fully saturated rings. The summed E-state index contributed by atoms with van der Waals surface area (Å²) in [6.45, 7) is 9.64. The molecular weight excluding hydrogens is 759 g/mol. The van der Waals surface area contributed by atoms with E-state index in [1.54, 1.807) is 0 Å². The van der Waals surface area contributed by atoms with Crippen LogP contribution in [0.3, 0.4) is 0 Å². The van der Waals surface area contributed by atoms with Gasteiger partial charge in [0.25, 0.3) is 0 Å². The molecule has 8 aromatic rings. The highest BCUT2D eigenvalue weighted by Gasteiger charge is 2.41. The van der Waals surface area contributed by atoms with Crippen molar-refractivity contribution in [2.75, 3.05) is 4.90 Å². The van der Waals surface area contributed by atoms with Gasteiger partial charge in [0, 0.05) is 27.8 Å². The molecule has 0 amide bonds. The summed E-state index contributed by atoms with van der Waals surface area (Å²) >= 11 is 0. The molecule has 1 nitrogen and oxygen atoms in total. The SMILES string of the molecule is CC1(C)c2cc(N(c3ccc(-c4ccc(C5CCCCCCC5)cc4)cc3)c3ccccc3-c3ccccc3)ccc2-c2c(-c3cccc4c3C(C)(C)c3ccccc3-4)cccc21. The Morgan fingerprint density at radius 1 is 0.381 bits per heavy atom. The lowest BCUT2D eigenvalue weighted by Gasteiger charge is -2.30. The van der Waals surface area contributed by atoms with Crippen LogP contribution in [0.25, 0.3) is 55.6 Å². The molecule has 3 aliphatic rings. The quantitative estimate of drug-likeness (QED) is 0.155. The average Bonchev–Trinajstić information content (AvgIpc) is 3.69. The fourth-order valence-electron chi connectivity index (χ4n) is 11.7. The summed E-state index contributed by atoms with van der Waals surface area (Å²) in [6, 6.07) is 68.7. The van der Waals surface area contributed by atoms with Gasteiger partial charge in [-0.1, -0.05) is 211 Å². The summed E-state index contributed by atoms with van der Waals surface area (Å²) in [5.74, 6) is 0.695. The van der Waals surface area contributed by atoms with Crippen LogP contribution in [0.4, 0.5) is 17.1 Å². The molecule has 1 saturated carbocycles. The second kappa shape index (κ2) is 15.7. The molecule has 11 rings (SSSR count). The Bertz CT molecular complexity index is 2960. The zero-order valence-electron chi connectivity index (χ0n) is 37.3. The molecule has 0 bridgehead atoms. The summed E-state index contributed by atoms with van der Waals surface area (Å²) in [6.07, 6.45) is 9.54. The van der Waals surface area contributed by atoms with Gasteiger partial charge in [0.15, 0.2) is 0 Å². The van der Waals surface area contributed by atoms with Crippen molar-refractivity contribution < 1.29 is 0 Å². The first-order chi connectivity index (χ1) is 30.8. The van der Waals surface area contributed by atoms with Crippen LogP contribution in [0.2, 0.25) is 0 Å². The van der Waals surface area contributed by atoms with E-state index in [4.69, 9.17) is 0 Å². The highest BCUT2D eigenvalue weighted by Crippen LogP contribution is 2.57. The molecule has 310 valence electrons. The number of hydrogen-bond donors (Lipinski definition) is 0. The van der Waals surface area contributed by atoms with Gasteiger partial charge in [-0.15, -0.1) is 0 Å². The fourth-order valence-corrected chi connectivity index (χ4v) is 11.7. The Morgan fingerprint density at radius 2 is 0.937 bits per heavy atom. The molecule has 1 heteroatoms. The van der Waals surface area contributed by atoms with Crippen molar-refractivity contribution in [3.63, 3.8) is 0 Å². The van der Waals surface area contributed by atoms with Crippen molar-refractivity contribution in [1.82, 2.24) is 0 Å². The highest BCUT2D eigenvalue weighted by molar-refractivity contribution is 5.98. The molecule has 0 aliphatic heterocycles. The van der Waals surface area contributed by atoms with Gasteiger partial charge in [-0.3, -0.25) is 0 Å². The molecule has 0 saturated heterocycles. The second-order valence-corrected chi connectivity index (χ2v) is 19.4. The maximum atomic E-state index is 2.48. The van der Waals surface area contributed by atoms with Crippen molar-refractivity contribution in [2.45, 2.75) is 89.4 Å². The van der Waals surface area contributed by atoms with E-state index in [-0.39, 0.29) is 10.8 Å². The maximum absolute atomic E-state index is 2.48. The van der Waals surface area contributed by atoms with Crippen LogP contribution in [-0.2, 0) is 10.8 Å². The van der Waals surface area contributed by atoms with Gasteiger partial charge in [-0.2, -0.15) is 0 Å². The Hall–Kier alpha value is -6.44. The number of para-hydroxylation sites is 1. The number of rotatable bonds is 7. The Morgan fingerprint density at radius 3 is 1.68 bits per heavy atom. The minimum atomic E-state index is -0.205. The summed E-state index contributed by atoms with van der Waals surface area (Å²) in [7, 11) is 0. The second-order valence-electron chi connectivity index (χ2n) is 19.4. The first kappa shape index (κ1) is 39.4. The standard InChI is InChI=1S/C62H57N/c1-61(2)56-29-18-25-51(53-27-17-26-52-50-24-13-15-28-55(50)62(3,4)60(52)53)59(56)54-40-39-48(41-57(54)61)63(58-30-16-14-23-49(58)46-21-11-8-12-22-46)47-37-35-45(36-38-47)44-33-31-43(32-34-44)42-19-9-6-5-7-10-20-42/h8,11-18,21-42H,5-7,9-10,19-20H2,1-4H3. The Labute approximate surface area is 375 Å². The van der Waals surface area contributed by atoms with E-state index in [0.29, 0.717) is 5.92 Å². The van der Waals surface area contributed by atoms with Gasteiger partial charge in [0.1, 0.15) is 0 Å². The van der Waals surface area contributed by atoms with Gasteiger partial charge < -0.3 is 4.90 Å². The lowest BCUT2D eigenvalue weighted by atomic mass is 9.77. The summed E-state index contributed by atoms with van der Waals surface area (Å²) < 4.78 is 0. The highest BCUT2D eigenvalue weighted by atomic mass is 15.1. The predicted molar refractivity (Wildman–Crippen MR) is 268 cm³/mol. The van der Waals surface area contributed by atoms with Gasteiger partial charge >= 0.3 is 0 Å². The zero-order valence-corrected chi connectivity index (χ0v) is 37.3. The number of nitrogens with zero attached hydrogens (tertiary/aromatic N) is 1. The van der Waals surface area contributed by atoms with Crippen LogP contribution in [0.15, 0.2) is 182 Å². The third kappa shape index (κ3) is 6.67. The van der Waals surface area contributed by atoms with E-state index in [0.717, 1.165) is 17.1 Å². The normalized spacial score (nSPS) is 16.0. The molecule has 0 heterocycles. The lowest BCUT2D eigenvalue weighted by molar-refractivity contribution is 0.455. The molecule has 0 aromatic heterocycles. The molecular formula is C62H57N. The average molecular weight is 816 g/mol.